The van der Waals surface area contributed by atoms with Gasteiger partial charge in [0, 0.05) is 0 Å². The molecule has 0 radical (unpaired) electrons. The summed E-state index contributed by atoms with van der Waals surface area (Å²) in [5.41, 5.74) is 4.46. The second kappa shape index (κ2) is 9.55. The third kappa shape index (κ3) is 5.57. The number of unbranched alkanes of at least 4 members (excludes halogenated alkanes) is 1. The van der Waals surface area contributed by atoms with Crippen molar-refractivity contribution in [2.45, 2.75) is 26.7 Å². The van der Waals surface area contributed by atoms with Crippen molar-refractivity contribution in [3.8, 4) is 11.5 Å². The molecular formula is C19H23FN2O2. The summed E-state index contributed by atoms with van der Waals surface area (Å²) in [6.07, 6.45) is 3.78. The summed E-state index contributed by atoms with van der Waals surface area (Å²) in [5.74, 6) is 1.18. The van der Waals surface area contributed by atoms with Crippen LogP contribution in [-0.4, -0.2) is 19.4 Å². The van der Waals surface area contributed by atoms with Gasteiger partial charge in [-0.1, -0.05) is 13.3 Å². The summed E-state index contributed by atoms with van der Waals surface area (Å²) in [5, 5.41) is 4.15. The molecule has 0 amide bonds. The van der Waals surface area contributed by atoms with Crippen LogP contribution >= 0.6 is 0 Å². The standard InChI is InChI=1S/C19H23FN2O2/c1-3-5-12-24-18-11-6-15(13-19(18)23-4-2)14-21-22-17-9-7-16(20)8-10-17/h6-11,13-14,22H,3-5,12H2,1-2H3/b21-14+. The number of hydrazone groups is 1. The number of nitrogens with one attached hydrogen (secondary N) is 1. The molecule has 1 N–H and O–H groups in total. The number of ether oxygens (including phenoxy) is 2. The van der Waals surface area contributed by atoms with Crippen molar-refractivity contribution >= 4 is 11.9 Å². The van der Waals surface area contributed by atoms with E-state index in [4.69, 9.17) is 9.47 Å². The topological polar surface area (TPSA) is 42.8 Å². The van der Waals surface area contributed by atoms with Crippen molar-refractivity contribution in [3.63, 3.8) is 0 Å². The predicted octanol–water partition coefficient (Wildman–Crippen LogP) is 4.85. The van der Waals surface area contributed by atoms with Crippen LogP contribution in [0.4, 0.5) is 10.1 Å². The molecule has 0 spiro atoms. The van der Waals surface area contributed by atoms with Gasteiger partial charge in [-0.25, -0.2) is 4.39 Å². The molecule has 2 rings (SSSR count). The molecule has 0 aliphatic carbocycles. The zero-order valence-electron chi connectivity index (χ0n) is 14.1. The van der Waals surface area contributed by atoms with E-state index in [0.29, 0.717) is 19.0 Å². The lowest BCUT2D eigenvalue weighted by atomic mass is 10.2. The minimum absolute atomic E-state index is 0.274. The fourth-order valence-corrected chi connectivity index (χ4v) is 2.02. The molecule has 0 saturated heterocycles. The Labute approximate surface area is 142 Å². The van der Waals surface area contributed by atoms with Gasteiger partial charge in [-0.05, 0) is 61.4 Å². The fraction of sp³-hybridized carbons (Fsp3) is 0.316. The van der Waals surface area contributed by atoms with Gasteiger partial charge in [-0.3, -0.25) is 5.43 Å². The summed E-state index contributed by atoms with van der Waals surface area (Å²) in [7, 11) is 0. The number of halogens is 1. The molecule has 0 atom stereocenters. The van der Waals surface area contributed by atoms with Crippen molar-refractivity contribution in [1.82, 2.24) is 0 Å². The van der Waals surface area contributed by atoms with Gasteiger partial charge in [0.25, 0.3) is 0 Å². The van der Waals surface area contributed by atoms with Crippen LogP contribution < -0.4 is 14.9 Å². The number of benzene rings is 2. The van der Waals surface area contributed by atoms with E-state index in [9.17, 15) is 4.39 Å². The molecule has 0 aliphatic rings. The summed E-state index contributed by atoms with van der Waals surface area (Å²) in [6.45, 7) is 5.31. The lowest BCUT2D eigenvalue weighted by Crippen LogP contribution is -2.01. The number of hydrogen-bond acceptors (Lipinski definition) is 4. The normalized spacial score (nSPS) is 10.8. The maximum Gasteiger partial charge on any atom is 0.161 e. The van der Waals surface area contributed by atoms with Crippen molar-refractivity contribution in [3.05, 3.63) is 53.8 Å². The maximum atomic E-state index is 12.8. The molecule has 24 heavy (non-hydrogen) atoms. The smallest absolute Gasteiger partial charge is 0.161 e. The summed E-state index contributed by atoms with van der Waals surface area (Å²) >= 11 is 0. The molecule has 0 bridgehead atoms. The average Bonchev–Trinajstić information content (AvgIpc) is 2.59. The van der Waals surface area contributed by atoms with E-state index in [1.165, 1.54) is 12.1 Å². The van der Waals surface area contributed by atoms with Crippen molar-refractivity contribution < 1.29 is 13.9 Å². The first-order valence-electron chi connectivity index (χ1n) is 8.17. The van der Waals surface area contributed by atoms with E-state index in [1.54, 1.807) is 18.3 Å². The first-order chi connectivity index (χ1) is 11.7. The van der Waals surface area contributed by atoms with Gasteiger partial charge < -0.3 is 9.47 Å². The molecule has 2 aromatic rings. The second-order valence-electron chi connectivity index (χ2n) is 5.22. The lowest BCUT2D eigenvalue weighted by molar-refractivity contribution is 0.272. The van der Waals surface area contributed by atoms with E-state index in [0.717, 1.165) is 29.8 Å². The minimum Gasteiger partial charge on any atom is -0.490 e. The molecule has 0 saturated carbocycles. The first kappa shape index (κ1) is 17.8. The number of rotatable bonds is 9. The number of nitrogens with zero attached hydrogens (tertiary/aromatic N) is 1. The Morgan fingerprint density at radius 1 is 1.04 bits per heavy atom. The molecule has 0 fully saturated rings. The van der Waals surface area contributed by atoms with E-state index in [1.807, 2.05) is 25.1 Å². The average molecular weight is 330 g/mol. The van der Waals surface area contributed by atoms with Crippen molar-refractivity contribution in [2.75, 3.05) is 18.6 Å². The Morgan fingerprint density at radius 3 is 2.54 bits per heavy atom. The predicted molar refractivity (Wildman–Crippen MR) is 95.6 cm³/mol. The van der Waals surface area contributed by atoms with Gasteiger partial charge in [0.15, 0.2) is 11.5 Å². The van der Waals surface area contributed by atoms with Crippen LogP contribution in [0.3, 0.4) is 0 Å². The van der Waals surface area contributed by atoms with Crippen molar-refractivity contribution in [2.24, 2.45) is 5.10 Å². The van der Waals surface area contributed by atoms with Gasteiger partial charge in [-0.2, -0.15) is 5.10 Å². The minimum atomic E-state index is -0.274. The van der Waals surface area contributed by atoms with Gasteiger partial charge in [-0.15, -0.1) is 0 Å². The van der Waals surface area contributed by atoms with Crippen LogP contribution in [0.15, 0.2) is 47.6 Å². The highest BCUT2D eigenvalue weighted by molar-refractivity contribution is 5.81. The van der Waals surface area contributed by atoms with Crippen LogP contribution in [0.25, 0.3) is 0 Å². The van der Waals surface area contributed by atoms with Gasteiger partial charge in [0.05, 0.1) is 25.1 Å². The Kier molecular flexibility index (Phi) is 7.08. The van der Waals surface area contributed by atoms with E-state index < -0.39 is 0 Å². The van der Waals surface area contributed by atoms with Crippen LogP contribution in [0, 0.1) is 5.82 Å². The molecule has 2 aromatic carbocycles. The van der Waals surface area contributed by atoms with Gasteiger partial charge >= 0.3 is 0 Å². The Balaban J connectivity index is 2.02. The van der Waals surface area contributed by atoms with Crippen molar-refractivity contribution in [1.29, 1.82) is 0 Å². The quantitative estimate of drug-likeness (QED) is 0.406. The molecule has 5 heteroatoms. The molecule has 0 unspecified atom stereocenters. The van der Waals surface area contributed by atoms with Crippen LogP contribution in [-0.2, 0) is 0 Å². The second-order valence-corrected chi connectivity index (χ2v) is 5.22. The van der Waals surface area contributed by atoms with Gasteiger partial charge in [0.2, 0.25) is 0 Å². The zero-order valence-corrected chi connectivity index (χ0v) is 14.1. The molecule has 0 aromatic heterocycles. The molecular weight excluding hydrogens is 307 g/mol. The molecule has 0 heterocycles. The fourth-order valence-electron chi connectivity index (χ4n) is 2.02. The molecule has 4 nitrogen and oxygen atoms in total. The van der Waals surface area contributed by atoms with Crippen LogP contribution in [0.1, 0.15) is 32.3 Å². The number of hydrogen-bond donors (Lipinski definition) is 1. The molecule has 0 aliphatic heterocycles. The highest BCUT2D eigenvalue weighted by atomic mass is 19.1. The van der Waals surface area contributed by atoms with Crippen LogP contribution in [0.2, 0.25) is 0 Å². The number of anilines is 1. The maximum absolute atomic E-state index is 12.8. The zero-order chi connectivity index (χ0) is 17.2. The van der Waals surface area contributed by atoms with E-state index in [-0.39, 0.29) is 5.82 Å². The Hall–Kier alpha value is -2.56. The summed E-state index contributed by atoms with van der Waals surface area (Å²) in [4.78, 5) is 0. The summed E-state index contributed by atoms with van der Waals surface area (Å²) < 4.78 is 24.2. The van der Waals surface area contributed by atoms with Gasteiger partial charge in [0.1, 0.15) is 5.82 Å². The molecule has 128 valence electrons. The van der Waals surface area contributed by atoms with Crippen LogP contribution in [0.5, 0.6) is 11.5 Å². The van der Waals surface area contributed by atoms with E-state index >= 15 is 0 Å². The Bertz CT molecular complexity index is 657. The van der Waals surface area contributed by atoms with E-state index in [2.05, 4.69) is 17.5 Å². The Morgan fingerprint density at radius 2 is 1.83 bits per heavy atom. The first-order valence-corrected chi connectivity index (χ1v) is 8.17. The highest BCUT2D eigenvalue weighted by Crippen LogP contribution is 2.28. The SMILES string of the molecule is CCCCOc1ccc(/C=N/Nc2ccc(F)cc2)cc1OCC. The monoisotopic (exact) mass is 330 g/mol. The third-order valence-corrected chi connectivity index (χ3v) is 3.27. The third-order valence-electron chi connectivity index (χ3n) is 3.27. The summed E-state index contributed by atoms with van der Waals surface area (Å²) in [6, 6.07) is 11.7. The highest BCUT2D eigenvalue weighted by Gasteiger charge is 2.05. The lowest BCUT2D eigenvalue weighted by Gasteiger charge is -2.12. The largest absolute Gasteiger partial charge is 0.490 e.